The largest absolute Gasteiger partial charge is 0.480 e. The van der Waals surface area contributed by atoms with Gasteiger partial charge in [-0.2, -0.15) is 11.8 Å². The van der Waals surface area contributed by atoms with Crippen molar-refractivity contribution in [1.82, 2.24) is 16.0 Å². The van der Waals surface area contributed by atoms with Crippen molar-refractivity contribution in [3.63, 3.8) is 0 Å². The van der Waals surface area contributed by atoms with Crippen molar-refractivity contribution < 1.29 is 29.4 Å². The summed E-state index contributed by atoms with van der Waals surface area (Å²) in [5.41, 5.74) is 6.69. The average molecular weight is 441 g/mol. The molecule has 3 unspecified atom stereocenters. The van der Waals surface area contributed by atoms with Crippen molar-refractivity contribution in [2.45, 2.75) is 31.0 Å². The van der Waals surface area contributed by atoms with Gasteiger partial charge in [-0.25, -0.2) is 4.79 Å². The molecule has 1 aromatic carbocycles. The number of aliphatic carboxylic acids is 1. The molecule has 11 heteroatoms. The third-order valence-corrected chi connectivity index (χ3v) is 4.76. The summed E-state index contributed by atoms with van der Waals surface area (Å²) in [6.07, 6.45) is 2.31. The van der Waals surface area contributed by atoms with Crippen LogP contribution in [-0.2, 0) is 25.6 Å². The Hall–Kier alpha value is -2.63. The Kier molecular flexibility index (Phi) is 11.5. The number of carbonyl (C=O) groups excluding carboxylic acids is 3. The van der Waals surface area contributed by atoms with E-state index in [1.165, 1.54) is 11.8 Å². The zero-order valence-electron chi connectivity index (χ0n) is 16.7. The van der Waals surface area contributed by atoms with Crippen molar-refractivity contribution in [3.05, 3.63) is 35.9 Å². The standard InChI is InChI=1S/C19H28N4O6S/c1-30-8-7-14(19(28)29)22-16(25)10-21-18(27)15(11-24)23-17(26)13(20)9-12-5-3-2-4-6-12/h2-6,13-15,24H,7-11,20H2,1H3,(H,21,27)(H,22,25)(H,23,26)(H,28,29). The monoisotopic (exact) mass is 440 g/mol. The quantitative estimate of drug-likeness (QED) is 0.214. The van der Waals surface area contributed by atoms with Crippen LogP contribution in [0.15, 0.2) is 30.3 Å². The summed E-state index contributed by atoms with van der Waals surface area (Å²) in [5.74, 6) is -2.73. The molecular weight excluding hydrogens is 412 g/mol. The molecule has 0 fully saturated rings. The number of amides is 3. The molecule has 0 bridgehead atoms. The molecule has 10 nitrogen and oxygen atoms in total. The summed E-state index contributed by atoms with van der Waals surface area (Å²) in [6, 6.07) is 5.79. The van der Waals surface area contributed by atoms with Gasteiger partial charge in [-0.05, 0) is 30.4 Å². The molecule has 1 rings (SSSR count). The first-order chi connectivity index (χ1) is 14.3. The van der Waals surface area contributed by atoms with Crippen LogP contribution in [0.2, 0.25) is 0 Å². The van der Waals surface area contributed by atoms with Crippen molar-refractivity contribution in [2.75, 3.05) is 25.2 Å². The predicted octanol–water partition coefficient (Wildman–Crippen LogP) is -1.53. The molecule has 3 amide bonds. The Balaban J connectivity index is 2.50. The van der Waals surface area contributed by atoms with Crippen LogP contribution in [0.5, 0.6) is 0 Å². The van der Waals surface area contributed by atoms with Crippen LogP contribution in [0.3, 0.4) is 0 Å². The van der Waals surface area contributed by atoms with E-state index in [2.05, 4.69) is 16.0 Å². The summed E-state index contributed by atoms with van der Waals surface area (Å²) >= 11 is 1.45. The fourth-order valence-electron chi connectivity index (χ4n) is 2.46. The second-order valence-corrected chi connectivity index (χ2v) is 7.48. The fraction of sp³-hybridized carbons (Fsp3) is 0.474. The van der Waals surface area contributed by atoms with E-state index < -0.39 is 55.0 Å². The molecule has 1 aromatic rings. The number of hydrogen-bond donors (Lipinski definition) is 6. The average Bonchev–Trinajstić information content (AvgIpc) is 2.73. The number of nitrogens with one attached hydrogen (secondary N) is 3. The maximum atomic E-state index is 12.2. The van der Waals surface area contributed by atoms with Gasteiger partial charge in [0, 0.05) is 0 Å². The third-order valence-electron chi connectivity index (χ3n) is 4.12. The molecule has 0 radical (unpaired) electrons. The number of carboxylic acid groups (broad SMARTS) is 1. The van der Waals surface area contributed by atoms with Gasteiger partial charge in [-0.3, -0.25) is 14.4 Å². The Morgan fingerprint density at radius 1 is 1.07 bits per heavy atom. The van der Waals surface area contributed by atoms with Gasteiger partial charge in [0.15, 0.2) is 0 Å². The number of hydrogen-bond acceptors (Lipinski definition) is 7. The lowest BCUT2D eigenvalue weighted by atomic mass is 10.1. The second kappa shape index (κ2) is 13.6. The van der Waals surface area contributed by atoms with Crippen molar-refractivity contribution in [1.29, 1.82) is 0 Å². The minimum atomic E-state index is -1.29. The molecule has 166 valence electrons. The molecule has 0 aliphatic rings. The first-order valence-electron chi connectivity index (χ1n) is 9.28. The van der Waals surface area contributed by atoms with E-state index >= 15 is 0 Å². The second-order valence-electron chi connectivity index (χ2n) is 6.50. The van der Waals surface area contributed by atoms with Crippen molar-refractivity contribution >= 4 is 35.5 Å². The zero-order chi connectivity index (χ0) is 22.5. The van der Waals surface area contributed by atoms with E-state index in [1.807, 2.05) is 36.6 Å². The molecule has 0 aliphatic carbocycles. The number of benzene rings is 1. The first kappa shape index (κ1) is 25.4. The Bertz CT molecular complexity index is 718. The minimum absolute atomic E-state index is 0.241. The highest BCUT2D eigenvalue weighted by molar-refractivity contribution is 7.98. The van der Waals surface area contributed by atoms with Crippen LogP contribution < -0.4 is 21.7 Å². The Labute approximate surface area is 179 Å². The van der Waals surface area contributed by atoms with Crippen LogP contribution in [0, 0.1) is 0 Å². The fourth-order valence-corrected chi connectivity index (χ4v) is 2.93. The smallest absolute Gasteiger partial charge is 0.326 e. The number of aliphatic hydroxyl groups excluding tert-OH is 1. The molecular formula is C19H28N4O6S. The maximum absolute atomic E-state index is 12.2. The number of carbonyl (C=O) groups is 4. The topological polar surface area (TPSA) is 171 Å². The van der Waals surface area contributed by atoms with E-state index in [9.17, 15) is 24.3 Å². The van der Waals surface area contributed by atoms with Gasteiger partial charge in [0.2, 0.25) is 17.7 Å². The Morgan fingerprint density at radius 3 is 2.30 bits per heavy atom. The van der Waals surface area contributed by atoms with Crippen molar-refractivity contribution in [3.8, 4) is 0 Å². The molecule has 0 spiro atoms. The lowest BCUT2D eigenvalue weighted by Crippen LogP contribution is -2.55. The van der Waals surface area contributed by atoms with Crippen LogP contribution in [0.4, 0.5) is 0 Å². The normalized spacial score (nSPS) is 13.6. The number of aliphatic hydroxyl groups is 1. The zero-order valence-corrected chi connectivity index (χ0v) is 17.5. The molecule has 7 N–H and O–H groups in total. The van der Waals surface area contributed by atoms with E-state index in [-0.39, 0.29) is 12.8 Å². The van der Waals surface area contributed by atoms with E-state index in [1.54, 1.807) is 0 Å². The van der Waals surface area contributed by atoms with Gasteiger partial charge in [0.25, 0.3) is 0 Å². The summed E-state index contributed by atoms with van der Waals surface area (Å²) in [7, 11) is 0. The van der Waals surface area contributed by atoms with E-state index in [0.29, 0.717) is 5.75 Å². The molecule has 0 aliphatic heterocycles. The highest BCUT2D eigenvalue weighted by Gasteiger charge is 2.24. The van der Waals surface area contributed by atoms with Gasteiger partial charge in [0.1, 0.15) is 12.1 Å². The molecule has 0 aromatic heterocycles. The van der Waals surface area contributed by atoms with Gasteiger partial charge in [-0.1, -0.05) is 30.3 Å². The van der Waals surface area contributed by atoms with Crippen LogP contribution in [0.1, 0.15) is 12.0 Å². The third kappa shape index (κ3) is 9.25. The number of nitrogens with two attached hydrogens (primary N) is 1. The lowest BCUT2D eigenvalue weighted by Gasteiger charge is -2.19. The number of thioether (sulfide) groups is 1. The minimum Gasteiger partial charge on any atom is -0.480 e. The van der Waals surface area contributed by atoms with Gasteiger partial charge < -0.3 is 31.9 Å². The summed E-state index contributed by atoms with van der Waals surface area (Å²) < 4.78 is 0. The molecule has 0 saturated carbocycles. The summed E-state index contributed by atoms with van der Waals surface area (Å²) in [6.45, 7) is -1.19. The van der Waals surface area contributed by atoms with Gasteiger partial charge in [-0.15, -0.1) is 0 Å². The maximum Gasteiger partial charge on any atom is 0.326 e. The highest BCUT2D eigenvalue weighted by atomic mass is 32.2. The Morgan fingerprint density at radius 2 is 1.73 bits per heavy atom. The van der Waals surface area contributed by atoms with Crippen LogP contribution >= 0.6 is 11.8 Å². The molecule has 0 saturated heterocycles. The summed E-state index contributed by atoms with van der Waals surface area (Å²) in [4.78, 5) is 47.4. The summed E-state index contributed by atoms with van der Waals surface area (Å²) in [5, 5.41) is 25.4. The first-order valence-corrected chi connectivity index (χ1v) is 10.7. The molecule has 0 heterocycles. The predicted molar refractivity (Wildman–Crippen MR) is 113 cm³/mol. The highest BCUT2D eigenvalue weighted by Crippen LogP contribution is 2.02. The van der Waals surface area contributed by atoms with Gasteiger partial charge >= 0.3 is 5.97 Å². The number of rotatable bonds is 13. The van der Waals surface area contributed by atoms with E-state index in [4.69, 9.17) is 10.8 Å². The van der Waals surface area contributed by atoms with Crippen molar-refractivity contribution in [2.24, 2.45) is 5.73 Å². The molecule has 3 atom stereocenters. The SMILES string of the molecule is CSCCC(NC(=O)CNC(=O)C(CO)NC(=O)C(N)Cc1ccccc1)C(=O)O. The van der Waals surface area contributed by atoms with Crippen LogP contribution in [-0.4, -0.2) is 77.2 Å². The molecule has 30 heavy (non-hydrogen) atoms. The van der Waals surface area contributed by atoms with E-state index in [0.717, 1.165) is 5.56 Å². The lowest BCUT2D eigenvalue weighted by molar-refractivity contribution is -0.141. The van der Waals surface area contributed by atoms with Crippen LogP contribution in [0.25, 0.3) is 0 Å². The number of carboxylic acids is 1. The van der Waals surface area contributed by atoms with Gasteiger partial charge in [0.05, 0.1) is 19.2 Å².